The van der Waals surface area contributed by atoms with Gasteiger partial charge in [-0.2, -0.15) is 0 Å². The molecule has 1 aromatic rings. The van der Waals surface area contributed by atoms with E-state index in [1.807, 2.05) is 19.2 Å². The van der Waals surface area contributed by atoms with Crippen molar-refractivity contribution in [2.45, 2.75) is 24.7 Å². The van der Waals surface area contributed by atoms with E-state index < -0.39 is 0 Å². The van der Waals surface area contributed by atoms with E-state index in [1.54, 1.807) is 17.8 Å². The second-order valence-corrected chi connectivity index (χ2v) is 5.57. The highest BCUT2D eigenvalue weighted by molar-refractivity contribution is 7.99. The van der Waals surface area contributed by atoms with E-state index >= 15 is 0 Å². The molecule has 0 radical (unpaired) electrons. The van der Waals surface area contributed by atoms with Gasteiger partial charge in [0.1, 0.15) is 0 Å². The lowest BCUT2D eigenvalue weighted by atomic mass is 10.2. The number of amides is 1. The maximum absolute atomic E-state index is 11.8. The van der Waals surface area contributed by atoms with Crippen LogP contribution >= 0.6 is 35.8 Å². The van der Waals surface area contributed by atoms with Gasteiger partial charge in [0.15, 0.2) is 0 Å². The molecule has 0 saturated carbocycles. The van der Waals surface area contributed by atoms with Crippen LogP contribution in [0.3, 0.4) is 0 Å². The van der Waals surface area contributed by atoms with Crippen molar-refractivity contribution in [2.75, 3.05) is 24.7 Å². The number of carbonyl (C=O) groups is 1. The van der Waals surface area contributed by atoms with Crippen LogP contribution in [0.1, 0.15) is 19.8 Å². The van der Waals surface area contributed by atoms with Gasteiger partial charge in [-0.05, 0) is 44.0 Å². The Bertz CT molecular complexity index is 402. The fraction of sp³-hybridized carbons (Fsp3) is 0.462. The highest BCUT2D eigenvalue weighted by atomic mass is 35.5. The van der Waals surface area contributed by atoms with Crippen molar-refractivity contribution >= 4 is 47.4 Å². The Balaban J connectivity index is 0.00000324. The predicted octanol–water partition coefficient (Wildman–Crippen LogP) is 3.81. The smallest absolute Gasteiger partial charge is 0.224 e. The van der Waals surface area contributed by atoms with Gasteiger partial charge in [0.25, 0.3) is 0 Å². The van der Waals surface area contributed by atoms with Crippen molar-refractivity contribution in [2.24, 2.45) is 0 Å². The first-order valence-corrected chi connectivity index (χ1v) is 7.40. The summed E-state index contributed by atoms with van der Waals surface area (Å²) in [6.45, 7) is 2.93. The molecule has 6 heteroatoms. The Labute approximate surface area is 130 Å². The van der Waals surface area contributed by atoms with Crippen molar-refractivity contribution in [1.29, 1.82) is 0 Å². The van der Waals surface area contributed by atoms with E-state index in [1.165, 1.54) is 0 Å². The summed E-state index contributed by atoms with van der Waals surface area (Å²) in [5.41, 5.74) is 0.809. The topological polar surface area (TPSA) is 41.1 Å². The maximum Gasteiger partial charge on any atom is 0.224 e. The highest BCUT2D eigenvalue weighted by Gasteiger charge is 2.07. The molecule has 1 rings (SSSR count). The van der Waals surface area contributed by atoms with Gasteiger partial charge in [0.2, 0.25) is 5.91 Å². The van der Waals surface area contributed by atoms with Crippen LogP contribution in [0.25, 0.3) is 0 Å². The van der Waals surface area contributed by atoms with Crippen molar-refractivity contribution in [3.63, 3.8) is 0 Å². The Morgan fingerprint density at radius 3 is 2.79 bits per heavy atom. The Kier molecular flexibility index (Phi) is 10.1. The maximum atomic E-state index is 11.8. The quantitative estimate of drug-likeness (QED) is 0.592. The van der Waals surface area contributed by atoms with Gasteiger partial charge < -0.3 is 10.6 Å². The average molecular weight is 323 g/mol. The van der Waals surface area contributed by atoms with Crippen molar-refractivity contribution in [3.05, 3.63) is 23.2 Å². The molecule has 0 aromatic heterocycles. The summed E-state index contributed by atoms with van der Waals surface area (Å²) in [6.07, 6.45) is 1.35. The second kappa shape index (κ2) is 10.4. The summed E-state index contributed by atoms with van der Waals surface area (Å²) in [6, 6.07) is 5.59. The van der Waals surface area contributed by atoms with Gasteiger partial charge in [-0.1, -0.05) is 18.5 Å². The summed E-state index contributed by atoms with van der Waals surface area (Å²) in [7, 11) is 1.88. The van der Waals surface area contributed by atoms with E-state index in [0.717, 1.165) is 29.3 Å². The summed E-state index contributed by atoms with van der Waals surface area (Å²) in [4.78, 5) is 12.8. The van der Waals surface area contributed by atoms with E-state index in [0.29, 0.717) is 11.4 Å². The first kappa shape index (κ1) is 18.6. The van der Waals surface area contributed by atoms with Crippen molar-refractivity contribution in [1.82, 2.24) is 5.32 Å². The normalized spacial score (nSPS) is 9.84. The molecule has 0 saturated heterocycles. The van der Waals surface area contributed by atoms with Crippen LogP contribution in [0.5, 0.6) is 0 Å². The number of nitrogens with one attached hydrogen (secondary N) is 2. The minimum Gasteiger partial charge on any atom is -0.325 e. The second-order valence-electron chi connectivity index (χ2n) is 3.83. The largest absolute Gasteiger partial charge is 0.325 e. The van der Waals surface area contributed by atoms with E-state index in [9.17, 15) is 4.79 Å². The number of hydrogen-bond donors (Lipinski definition) is 2. The third-order valence-electron chi connectivity index (χ3n) is 2.35. The van der Waals surface area contributed by atoms with E-state index in [-0.39, 0.29) is 18.3 Å². The molecule has 3 nitrogen and oxygen atoms in total. The molecule has 1 aromatic carbocycles. The van der Waals surface area contributed by atoms with Crippen molar-refractivity contribution in [3.8, 4) is 0 Å². The molecule has 2 N–H and O–H groups in total. The zero-order valence-electron chi connectivity index (χ0n) is 11.2. The summed E-state index contributed by atoms with van der Waals surface area (Å²) in [5.74, 6) is 0.995. The van der Waals surface area contributed by atoms with E-state index in [4.69, 9.17) is 11.6 Å². The number of hydrogen-bond acceptors (Lipinski definition) is 3. The van der Waals surface area contributed by atoms with Gasteiger partial charge in [-0.25, -0.2) is 0 Å². The number of anilines is 1. The minimum absolute atomic E-state index is 0. The molecule has 19 heavy (non-hydrogen) atoms. The van der Waals surface area contributed by atoms with Crippen LogP contribution in [-0.2, 0) is 4.79 Å². The summed E-state index contributed by atoms with van der Waals surface area (Å²) < 4.78 is 0. The molecule has 0 fully saturated rings. The van der Waals surface area contributed by atoms with Gasteiger partial charge in [0.05, 0.1) is 5.69 Å². The predicted molar refractivity (Wildman–Crippen MR) is 86.9 cm³/mol. The first-order valence-electron chi connectivity index (χ1n) is 6.04. The number of thioether (sulfide) groups is 1. The molecule has 0 bridgehead atoms. The molecule has 0 aliphatic rings. The molecule has 1 amide bonds. The number of halogens is 2. The first-order chi connectivity index (χ1) is 8.67. The van der Waals surface area contributed by atoms with Crippen molar-refractivity contribution < 1.29 is 4.79 Å². The van der Waals surface area contributed by atoms with Gasteiger partial charge in [-0.15, -0.1) is 24.2 Å². The molecule has 0 aliphatic carbocycles. The monoisotopic (exact) mass is 322 g/mol. The highest BCUT2D eigenvalue weighted by Crippen LogP contribution is 2.29. The number of carbonyl (C=O) groups excluding carboxylic acids is 1. The molecule has 108 valence electrons. The Hall–Kier alpha value is -0.420. The van der Waals surface area contributed by atoms with Gasteiger partial charge in [-0.3, -0.25) is 4.79 Å². The Morgan fingerprint density at radius 1 is 1.42 bits per heavy atom. The number of benzene rings is 1. The van der Waals surface area contributed by atoms with Crippen LogP contribution in [0.4, 0.5) is 5.69 Å². The van der Waals surface area contributed by atoms with Crippen LogP contribution in [0.15, 0.2) is 23.1 Å². The zero-order chi connectivity index (χ0) is 13.4. The van der Waals surface area contributed by atoms with Gasteiger partial charge >= 0.3 is 0 Å². The standard InChI is InChI=1S/C13H19ClN2OS.ClH/c1-3-18-12-7-6-10(14)9-11(12)16-13(17)5-4-8-15-2;/h6-7,9,15H,3-5,8H2,1-2H3,(H,16,17);1H. The van der Waals surface area contributed by atoms with Crippen LogP contribution in [0.2, 0.25) is 5.02 Å². The summed E-state index contributed by atoms with van der Waals surface area (Å²) >= 11 is 7.65. The molecular weight excluding hydrogens is 303 g/mol. The molecular formula is C13H20Cl2N2OS. The third-order valence-corrected chi connectivity index (χ3v) is 3.54. The van der Waals surface area contributed by atoms with Crippen LogP contribution < -0.4 is 10.6 Å². The molecule has 0 atom stereocenters. The average Bonchev–Trinajstić information content (AvgIpc) is 2.33. The van der Waals surface area contributed by atoms with E-state index in [2.05, 4.69) is 17.6 Å². The third kappa shape index (κ3) is 7.06. The van der Waals surface area contributed by atoms with Gasteiger partial charge in [0, 0.05) is 16.3 Å². The molecule has 0 unspecified atom stereocenters. The fourth-order valence-electron chi connectivity index (χ4n) is 1.52. The minimum atomic E-state index is 0. The number of rotatable bonds is 7. The lowest BCUT2D eigenvalue weighted by Gasteiger charge is -2.10. The molecule has 0 aliphatic heterocycles. The van der Waals surface area contributed by atoms with Crippen LogP contribution in [0, 0.1) is 0 Å². The fourth-order valence-corrected chi connectivity index (χ4v) is 2.43. The summed E-state index contributed by atoms with van der Waals surface area (Å²) in [5, 5.41) is 6.59. The SMILES string of the molecule is CCSc1ccc(Cl)cc1NC(=O)CCCNC.Cl. The Morgan fingerprint density at radius 2 is 2.16 bits per heavy atom. The lowest BCUT2D eigenvalue weighted by molar-refractivity contribution is -0.116. The molecule has 0 heterocycles. The van der Waals surface area contributed by atoms with Crippen LogP contribution in [-0.4, -0.2) is 25.3 Å². The molecule has 0 spiro atoms. The zero-order valence-corrected chi connectivity index (χ0v) is 13.6. The lowest BCUT2D eigenvalue weighted by Crippen LogP contribution is -2.15.